The standard InChI is InChI=1S/C17H20N2O2S.CH2BCl/c1-3-20-15-9-5-13(6-10-15)18-17(22)19-14-7-11-16(12-8-14)21-4-2;2-1-3/h5-12H,3-4H2,1-2H3,(H2,18,19,22);1H2. The highest BCUT2D eigenvalue weighted by molar-refractivity contribution is 7.80. The maximum atomic E-state index is 5.40. The third-order valence-corrected chi connectivity index (χ3v) is 3.05. The Morgan fingerprint density at radius 1 is 0.880 bits per heavy atom. The lowest BCUT2D eigenvalue weighted by molar-refractivity contribution is 0.340. The number of hydrogen-bond acceptors (Lipinski definition) is 3. The molecule has 2 radical (unpaired) electrons. The summed E-state index contributed by atoms with van der Waals surface area (Å²) in [6.45, 7) is 5.24. The van der Waals surface area contributed by atoms with Crippen LogP contribution in [-0.4, -0.2) is 32.0 Å². The van der Waals surface area contributed by atoms with E-state index in [1.54, 1.807) is 0 Å². The summed E-state index contributed by atoms with van der Waals surface area (Å²) in [5, 5.41) is 6.80. The van der Waals surface area contributed by atoms with Crippen LogP contribution in [0, 0.1) is 0 Å². The lowest BCUT2D eigenvalue weighted by atomic mass is 10.2. The number of ether oxygens (including phenoxy) is 2. The Labute approximate surface area is 161 Å². The monoisotopic (exact) mass is 376 g/mol. The van der Waals surface area contributed by atoms with E-state index in [1.807, 2.05) is 62.4 Å². The van der Waals surface area contributed by atoms with Gasteiger partial charge >= 0.3 is 0 Å². The molecular formula is C18H22BClN2O2S. The van der Waals surface area contributed by atoms with Crippen LogP contribution in [0.3, 0.4) is 0 Å². The topological polar surface area (TPSA) is 42.5 Å². The maximum Gasteiger partial charge on any atom is 0.175 e. The van der Waals surface area contributed by atoms with Crippen LogP contribution in [-0.2, 0) is 0 Å². The molecule has 0 aliphatic rings. The molecule has 2 rings (SSSR count). The fourth-order valence-electron chi connectivity index (χ4n) is 1.90. The van der Waals surface area contributed by atoms with E-state index in [0.717, 1.165) is 22.9 Å². The van der Waals surface area contributed by atoms with Crippen LogP contribution in [0.2, 0.25) is 0 Å². The Kier molecular flexibility index (Phi) is 10.5. The van der Waals surface area contributed by atoms with Gasteiger partial charge < -0.3 is 20.1 Å². The van der Waals surface area contributed by atoms with Crippen LogP contribution in [0.5, 0.6) is 11.5 Å². The van der Waals surface area contributed by atoms with Gasteiger partial charge in [-0.1, -0.05) is 0 Å². The number of hydrogen-bond donors (Lipinski definition) is 2. The fourth-order valence-corrected chi connectivity index (χ4v) is 2.13. The molecule has 0 spiro atoms. The molecule has 0 aromatic heterocycles. The highest BCUT2D eigenvalue weighted by Crippen LogP contribution is 2.18. The van der Waals surface area contributed by atoms with Crippen LogP contribution in [0.25, 0.3) is 0 Å². The zero-order chi connectivity index (χ0) is 18.5. The molecular weight excluding hydrogens is 355 g/mol. The summed E-state index contributed by atoms with van der Waals surface area (Å²) in [5.74, 6) is 1.91. The predicted octanol–water partition coefficient (Wildman–Crippen LogP) is 4.64. The van der Waals surface area contributed by atoms with Gasteiger partial charge in [0.15, 0.2) is 5.11 Å². The van der Waals surface area contributed by atoms with Gasteiger partial charge in [-0.3, -0.25) is 0 Å². The first-order chi connectivity index (χ1) is 12.1. The van der Waals surface area contributed by atoms with Gasteiger partial charge in [0.1, 0.15) is 11.5 Å². The minimum Gasteiger partial charge on any atom is -0.494 e. The maximum absolute atomic E-state index is 5.40. The smallest absolute Gasteiger partial charge is 0.175 e. The van der Waals surface area contributed by atoms with Crippen molar-refractivity contribution < 1.29 is 9.47 Å². The first-order valence-electron chi connectivity index (χ1n) is 7.92. The van der Waals surface area contributed by atoms with E-state index in [1.165, 1.54) is 0 Å². The lowest BCUT2D eigenvalue weighted by Crippen LogP contribution is -2.18. The van der Waals surface area contributed by atoms with Crippen molar-refractivity contribution in [3.05, 3.63) is 48.5 Å². The molecule has 0 aliphatic heterocycles. The van der Waals surface area contributed by atoms with E-state index in [4.69, 9.17) is 33.3 Å². The van der Waals surface area contributed by atoms with Crippen molar-refractivity contribution in [1.82, 2.24) is 0 Å². The average molecular weight is 377 g/mol. The molecule has 7 heteroatoms. The van der Waals surface area contributed by atoms with Crippen LogP contribution in [0.4, 0.5) is 11.4 Å². The van der Waals surface area contributed by atoms with Gasteiger partial charge in [0, 0.05) is 11.4 Å². The summed E-state index contributed by atoms with van der Waals surface area (Å²) in [4.78, 5) is 0. The number of anilines is 2. The molecule has 0 unspecified atom stereocenters. The molecule has 2 aromatic rings. The number of thiocarbonyl (C=S) groups is 1. The summed E-state index contributed by atoms with van der Waals surface area (Å²) >= 11 is 10.1. The summed E-state index contributed by atoms with van der Waals surface area (Å²) in [7, 11) is 4.61. The van der Waals surface area contributed by atoms with Crippen LogP contribution < -0.4 is 20.1 Å². The van der Waals surface area contributed by atoms with Crippen molar-refractivity contribution in [2.75, 3.05) is 29.6 Å². The zero-order valence-corrected chi connectivity index (χ0v) is 16.0. The van der Waals surface area contributed by atoms with E-state index in [0.29, 0.717) is 18.3 Å². The van der Waals surface area contributed by atoms with Gasteiger partial charge in [0.05, 0.1) is 21.1 Å². The van der Waals surface area contributed by atoms with E-state index < -0.39 is 0 Å². The Balaban J connectivity index is 0.000000970. The average Bonchev–Trinajstić information content (AvgIpc) is 2.60. The first-order valence-corrected chi connectivity index (χ1v) is 8.86. The second-order valence-corrected chi connectivity index (χ2v) is 5.37. The number of halogens is 1. The number of benzene rings is 2. The molecule has 2 N–H and O–H groups in total. The molecule has 0 saturated heterocycles. The van der Waals surface area contributed by atoms with Gasteiger partial charge in [-0.15, -0.1) is 11.6 Å². The van der Waals surface area contributed by atoms with Crippen LogP contribution in [0.15, 0.2) is 48.5 Å². The largest absolute Gasteiger partial charge is 0.494 e. The van der Waals surface area contributed by atoms with Gasteiger partial charge in [0.2, 0.25) is 0 Å². The van der Waals surface area contributed by atoms with Crippen molar-refractivity contribution in [3.63, 3.8) is 0 Å². The van der Waals surface area contributed by atoms with E-state index >= 15 is 0 Å². The second-order valence-electron chi connectivity index (χ2n) is 4.65. The first kappa shape index (κ1) is 21.1. The molecule has 0 atom stereocenters. The highest BCUT2D eigenvalue weighted by atomic mass is 35.5. The molecule has 25 heavy (non-hydrogen) atoms. The van der Waals surface area contributed by atoms with Crippen molar-refractivity contribution in [1.29, 1.82) is 0 Å². The molecule has 4 nitrogen and oxygen atoms in total. The Hall–Kier alpha value is -1.92. The Morgan fingerprint density at radius 2 is 1.20 bits per heavy atom. The third kappa shape index (κ3) is 8.65. The van der Waals surface area contributed by atoms with Crippen LogP contribution in [0.1, 0.15) is 13.8 Å². The van der Waals surface area contributed by atoms with Gasteiger partial charge in [-0.25, -0.2) is 0 Å². The molecule has 0 fully saturated rings. The van der Waals surface area contributed by atoms with Crippen molar-refractivity contribution >= 4 is 48.2 Å². The molecule has 0 bridgehead atoms. The summed E-state index contributed by atoms with van der Waals surface area (Å²) in [6, 6.07) is 15.3. The number of rotatable bonds is 6. The third-order valence-electron chi connectivity index (χ3n) is 2.85. The Bertz CT molecular complexity index is 570. The minimum absolute atomic E-state index is 0.222. The van der Waals surface area contributed by atoms with E-state index in [2.05, 4.69) is 18.5 Å². The van der Waals surface area contributed by atoms with Crippen molar-refractivity contribution in [3.8, 4) is 11.5 Å². The lowest BCUT2D eigenvalue weighted by Gasteiger charge is -2.12. The second kappa shape index (κ2) is 12.4. The molecule has 132 valence electrons. The van der Waals surface area contributed by atoms with Gasteiger partial charge in [0.25, 0.3) is 0 Å². The molecule has 2 aromatic carbocycles. The molecule has 0 aliphatic carbocycles. The predicted molar refractivity (Wildman–Crippen MR) is 112 cm³/mol. The number of nitrogens with one attached hydrogen (secondary N) is 2. The SMILES string of the molecule is CCOc1ccc(NC(=S)Nc2ccc(OCC)cc2)cc1.[B]CCl. The van der Waals surface area contributed by atoms with E-state index in [9.17, 15) is 0 Å². The van der Waals surface area contributed by atoms with Crippen LogP contribution >= 0.6 is 23.8 Å². The fraction of sp³-hybridized carbons (Fsp3) is 0.278. The molecule has 0 amide bonds. The molecule has 0 heterocycles. The van der Waals surface area contributed by atoms with Crippen molar-refractivity contribution in [2.45, 2.75) is 13.8 Å². The summed E-state index contributed by atoms with van der Waals surface area (Å²) in [5.41, 5.74) is 1.82. The Morgan fingerprint density at radius 3 is 1.48 bits per heavy atom. The van der Waals surface area contributed by atoms with Crippen molar-refractivity contribution in [2.24, 2.45) is 0 Å². The normalized spacial score (nSPS) is 9.40. The molecule has 0 saturated carbocycles. The van der Waals surface area contributed by atoms with E-state index in [-0.39, 0.29) is 5.78 Å². The zero-order valence-electron chi connectivity index (χ0n) is 14.4. The number of alkyl halides is 1. The summed E-state index contributed by atoms with van der Waals surface area (Å²) in [6.07, 6.45) is 0. The minimum atomic E-state index is 0.222. The van der Waals surface area contributed by atoms with Gasteiger partial charge in [-0.2, -0.15) is 0 Å². The van der Waals surface area contributed by atoms with Gasteiger partial charge in [-0.05, 0) is 80.4 Å². The summed E-state index contributed by atoms with van der Waals surface area (Å²) < 4.78 is 10.8. The highest BCUT2D eigenvalue weighted by Gasteiger charge is 2.00. The quantitative estimate of drug-likeness (QED) is 0.436.